The molecule has 0 aromatic heterocycles. The summed E-state index contributed by atoms with van der Waals surface area (Å²) in [6.45, 7) is 0.192. The lowest BCUT2D eigenvalue weighted by Crippen LogP contribution is -2.14. The van der Waals surface area contributed by atoms with Crippen LogP contribution >= 0.6 is 11.6 Å². The number of hydrogen-bond donors (Lipinski definition) is 2. The zero-order chi connectivity index (χ0) is 11.8. The average Bonchev–Trinajstić information content (AvgIpc) is 2.31. The average molecular weight is 236 g/mol. The molecule has 5 heteroatoms. The zero-order valence-electron chi connectivity index (χ0n) is 8.40. The second-order valence-electron chi connectivity index (χ2n) is 2.90. The molecule has 82 valence electrons. The van der Waals surface area contributed by atoms with E-state index in [0.29, 0.717) is 22.7 Å². The number of amides is 1. The first-order chi connectivity index (χ1) is 7.77. The van der Waals surface area contributed by atoms with E-state index in [1.54, 1.807) is 12.1 Å². The van der Waals surface area contributed by atoms with Crippen LogP contribution in [0.15, 0.2) is 36.0 Å². The van der Waals surface area contributed by atoms with Gasteiger partial charge in [0.05, 0.1) is 28.9 Å². The van der Waals surface area contributed by atoms with E-state index in [0.717, 1.165) is 0 Å². The van der Waals surface area contributed by atoms with E-state index in [4.69, 9.17) is 16.9 Å². The molecule has 16 heavy (non-hydrogen) atoms. The third-order valence-corrected chi connectivity index (χ3v) is 2.12. The van der Waals surface area contributed by atoms with Crippen LogP contribution in [-0.2, 0) is 4.79 Å². The van der Waals surface area contributed by atoms with E-state index in [1.807, 2.05) is 18.2 Å². The number of nitrogens with zero attached hydrogens (tertiary/aromatic N) is 1. The highest BCUT2D eigenvalue weighted by Gasteiger charge is 1.97. The van der Waals surface area contributed by atoms with E-state index >= 15 is 0 Å². The number of carbonyl (C=O) groups is 1. The van der Waals surface area contributed by atoms with E-state index < -0.39 is 0 Å². The van der Waals surface area contributed by atoms with Gasteiger partial charge >= 0.3 is 0 Å². The quantitative estimate of drug-likeness (QED) is 0.605. The normalized spacial score (nSPS) is 10.4. The highest BCUT2D eigenvalue weighted by molar-refractivity contribution is 6.33. The van der Waals surface area contributed by atoms with Gasteiger partial charge in [-0.3, -0.25) is 4.79 Å². The standard InChI is InChI=1S/C11H10ClN3O/c12-10-3-1-2-4-11(10)15-7-9(5-13)6-14-8-16/h1-4,7-8,15H,6H2,(H,14,16). The zero-order valence-corrected chi connectivity index (χ0v) is 9.16. The SMILES string of the molecule is N#CC(=CNc1ccccc1Cl)CNC=O. The first-order valence-corrected chi connectivity index (χ1v) is 4.93. The van der Waals surface area contributed by atoms with Gasteiger partial charge in [0.1, 0.15) is 0 Å². The molecule has 0 heterocycles. The Labute approximate surface area is 98.5 Å². The second-order valence-corrected chi connectivity index (χ2v) is 3.31. The van der Waals surface area contributed by atoms with E-state index in [1.165, 1.54) is 6.20 Å². The number of carbonyl (C=O) groups excluding carboxylic acids is 1. The number of para-hydroxylation sites is 1. The predicted octanol–water partition coefficient (Wildman–Crippen LogP) is 1.91. The van der Waals surface area contributed by atoms with Gasteiger partial charge in [-0.1, -0.05) is 23.7 Å². The van der Waals surface area contributed by atoms with Crippen molar-refractivity contribution < 1.29 is 4.79 Å². The number of anilines is 1. The second kappa shape index (κ2) is 6.49. The van der Waals surface area contributed by atoms with E-state index in [2.05, 4.69) is 10.6 Å². The maximum Gasteiger partial charge on any atom is 0.207 e. The van der Waals surface area contributed by atoms with E-state index in [9.17, 15) is 4.79 Å². The molecule has 4 nitrogen and oxygen atoms in total. The summed E-state index contributed by atoms with van der Waals surface area (Å²) in [6, 6.07) is 9.14. The molecule has 0 spiro atoms. The van der Waals surface area contributed by atoms with Gasteiger partial charge in [0.25, 0.3) is 0 Å². The Bertz CT molecular complexity index is 437. The van der Waals surface area contributed by atoms with Crippen molar-refractivity contribution in [3.05, 3.63) is 41.1 Å². The van der Waals surface area contributed by atoms with Crippen LogP contribution in [0.2, 0.25) is 5.02 Å². The monoisotopic (exact) mass is 235 g/mol. The fraction of sp³-hybridized carbons (Fsp3) is 0.0909. The number of rotatable bonds is 5. The number of nitriles is 1. The minimum atomic E-state index is 0.192. The van der Waals surface area contributed by atoms with Gasteiger partial charge in [0.15, 0.2) is 0 Å². The smallest absolute Gasteiger partial charge is 0.207 e. The van der Waals surface area contributed by atoms with Crippen molar-refractivity contribution >= 4 is 23.7 Å². The molecule has 1 rings (SSSR count). The lowest BCUT2D eigenvalue weighted by molar-refractivity contribution is -0.109. The summed E-state index contributed by atoms with van der Waals surface area (Å²) >= 11 is 5.91. The number of hydrogen-bond acceptors (Lipinski definition) is 3. The molecule has 2 N–H and O–H groups in total. The molecule has 0 radical (unpaired) electrons. The highest BCUT2D eigenvalue weighted by atomic mass is 35.5. The van der Waals surface area contributed by atoms with Crippen molar-refractivity contribution in [3.8, 4) is 6.07 Å². The Morgan fingerprint density at radius 1 is 1.50 bits per heavy atom. The lowest BCUT2D eigenvalue weighted by Gasteiger charge is -2.04. The molecule has 0 bridgehead atoms. The maximum absolute atomic E-state index is 10.1. The number of benzene rings is 1. The highest BCUT2D eigenvalue weighted by Crippen LogP contribution is 2.20. The number of nitrogens with one attached hydrogen (secondary N) is 2. The van der Waals surface area contributed by atoms with Crippen LogP contribution in [0.5, 0.6) is 0 Å². The van der Waals surface area contributed by atoms with Gasteiger partial charge in [-0.05, 0) is 12.1 Å². The summed E-state index contributed by atoms with van der Waals surface area (Å²) in [5.74, 6) is 0. The Hall–Kier alpha value is -1.99. The van der Waals surface area contributed by atoms with Crippen LogP contribution < -0.4 is 10.6 Å². The molecule has 0 saturated heterocycles. The van der Waals surface area contributed by atoms with Crippen LogP contribution in [0.25, 0.3) is 0 Å². The van der Waals surface area contributed by atoms with Crippen molar-refractivity contribution in [3.63, 3.8) is 0 Å². The molecule has 1 aromatic rings. The lowest BCUT2D eigenvalue weighted by atomic mass is 10.3. The third kappa shape index (κ3) is 3.64. The first kappa shape index (κ1) is 12.1. The first-order valence-electron chi connectivity index (χ1n) is 4.55. The Kier molecular flexibility index (Phi) is 4.90. The number of halogens is 1. The molecular weight excluding hydrogens is 226 g/mol. The molecule has 0 fully saturated rings. The molecule has 1 amide bonds. The van der Waals surface area contributed by atoms with Gasteiger partial charge in [-0.2, -0.15) is 5.26 Å². The fourth-order valence-corrected chi connectivity index (χ4v) is 1.21. The molecule has 0 unspecified atom stereocenters. The molecule has 0 atom stereocenters. The van der Waals surface area contributed by atoms with Crippen molar-refractivity contribution in [1.82, 2.24) is 5.32 Å². The van der Waals surface area contributed by atoms with Crippen molar-refractivity contribution in [2.45, 2.75) is 0 Å². The minimum Gasteiger partial charge on any atom is -0.359 e. The molecule has 0 aliphatic heterocycles. The fourth-order valence-electron chi connectivity index (χ4n) is 1.02. The van der Waals surface area contributed by atoms with Crippen LogP contribution in [0.1, 0.15) is 0 Å². The topological polar surface area (TPSA) is 64.9 Å². The third-order valence-electron chi connectivity index (χ3n) is 1.80. The molecule has 0 aliphatic carbocycles. The Balaban J connectivity index is 2.67. The van der Waals surface area contributed by atoms with Crippen LogP contribution in [0, 0.1) is 11.3 Å². The van der Waals surface area contributed by atoms with Gasteiger partial charge in [-0.25, -0.2) is 0 Å². The summed E-state index contributed by atoms with van der Waals surface area (Å²) in [6.07, 6.45) is 2.05. The predicted molar refractivity (Wildman–Crippen MR) is 62.8 cm³/mol. The van der Waals surface area contributed by atoms with Gasteiger partial charge < -0.3 is 10.6 Å². The largest absolute Gasteiger partial charge is 0.359 e. The van der Waals surface area contributed by atoms with Gasteiger partial charge in [0.2, 0.25) is 6.41 Å². The van der Waals surface area contributed by atoms with Crippen LogP contribution in [0.3, 0.4) is 0 Å². The minimum absolute atomic E-state index is 0.192. The van der Waals surface area contributed by atoms with Crippen molar-refractivity contribution in [1.29, 1.82) is 5.26 Å². The maximum atomic E-state index is 10.1. The summed E-state index contributed by atoms with van der Waals surface area (Å²) < 4.78 is 0. The molecule has 0 saturated carbocycles. The summed E-state index contributed by atoms with van der Waals surface area (Å²) in [5.41, 5.74) is 1.12. The molecular formula is C11H10ClN3O. The molecule has 1 aromatic carbocycles. The summed E-state index contributed by atoms with van der Waals surface area (Å²) in [4.78, 5) is 10.1. The van der Waals surface area contributed by atoms with E-state index in [-0.39, 0.29) is 6.54 Å². The Morgan fingerprint density at radius 2 is 2.25 bits per heavy atom. The van der Waals surface area contributed by atoms with Crippen molar-refractivity contribution in [2.24, 2.45) is 0 Å². The van der Waals surface area contributed by atoms with Gasteiger partial charge in [0, 0.05) is 6.20 Å². The Morgan fingerprint density at radius 3 is 2.88 bits per heavy atom. The van der Waals surface area contributed by atoms with Crippen LogP contribution in [0.4, 0.5) is 5.69 Å². The van der Waals surface area contributed by atoms with Crippen molar-refractivity contribution in [2.75, 3.05) is 11.9 Å². The summed E-state index contributed by atoms with van der Waals surface area (Å²) in [5, 5.41) is 14.6. The summed E-state index contributed by atoms with van der Waals surface area (Å²) in [7, 11) is 0. The van der Waals surface area contributed by atoms with Gasteiger partial charge in [-0.15, -0.1) is 0 Å². The molecule has 0 aliphatic rings. The van der Waals surface area contributed by atoms with Crippen LogP contribution in [-0.4, -0.2) is 13.0 Å².